The van der Waals surface area contributed by atoms with E-state index in [0.717, 1.165) is 5.56 Å². The normalized spacial score (nSPS) is 15.8. The predicted molar refractivity (Wildman–Crippen MR) is 108 cm³/mol. The van der Waals surface area contributed by atoms with Crippen molar-refractivity contribution in [2.45, 2.75) is 19.4 Å². The molecule has 0 saturated carbocycles. The van der Waals surface area contributed by atoms with Gasteiger partial charge in [0.1, 0.15) is 5.75 Å². The SMILES string of the molecule is CCOc1ccc([C@H]2CC(=O)NC(NC(=O)c3cccc(OC)c3)=N2)cc1OC. The highest BCUT2D eigenvalue weighted by Crippen LogP contribution is 2.33. The third-order valence-corrected chi connectivity index (χ3v) is 4.36. The van der Waals surface area contributed by atoms with Gasteiger partial charge in [-0.05, 0) is 42.8 Å². The van der Waals surface area contributed by atoms with E-state index in [9.17, 15) is 9.59 Å². The van der Waals surface area contributed by atoms with Gasteiger partial charge in [-0.15, -0.1) is 0 Å². The summed E-state index contributed by atoms with van der Waals surface area (Å²) in [5.41, 5.74) is 1.18. The van der Waals surface area contributed by atoms with Crippen LogP contribution in [0, 0.1) is 0 Å². The fourth-order valence-electron chi connectivity index (χ4n) is 2.96. The number of amides is 2. The zero-order valence-corrected chi connectivity index (χ0v) is 16.5. The first-order chi connectivity index (χ1) is 14.0. The minimum Gasteiger partial charge on any atom is -0.497 e. The van der Waals surface area contributed by atoms with Gasteiger partial charge in [-0.3, -0.25) is 20.2 Å². The average molecular weight is 397 g/mol. The van der Waals surface area contributed by atoms with Gasteiger partial charge < -0.3 is 14.2 Å². The molecule has 8 nitrogen and oxygen atoms in total. The number of aliphatic imine (C=N–C) groups is 1. The van der Waals surface area contributed by atoms with Crippen molar-refractivity contribution in [3.05, 3.63) is 53.6 Å². The molecule has 2 aromatic carbocycles. The zero-order chi connectivity index (χ0) is 20.8. The highest BCUT2D eigenvalue weighted by atomic mass is 16.5. The largest absolute Gasteiger partial charge is 0.497 e. The van der Waals surface area contributed by atoms with Crippen molar-refractivity contribution in [2.75, 3.05) is 20.8 Å². The van der Waals surface area contributed by atoms with E-state index in [0.29, 0.717) is 29.4 Å². The quantitative estimate of drug-likeness (QED) is 0.780. The van der Waals surface area contributed by atoms with Crippen molar-refractivity contribution in [1.82, 2.24) is 10.6 Å². The van der Waals surface area contributed by atoms with Crippen LogP contribution in [-0.4, -0.2) is 38.6 Å². The maximum Gasteiger partial charge on any atom is 0.258 e. The number of nitrogens with zero attached hydrogens (tertiary/aromatic N) is 1. The molecule has 0 unspecified atom stereocenters. The molecule has 1 aliphatic rings. The summed E-state index contributed by atoms with van der Waals surface area (Å²) in [4.78, 5) is 29.2. The molecule has 8 heteroatoms. The Kier molecular flexibility index (Phi) is 6.33. The van der Waals surface area contributed by atoms with Gasteiger partial charge in [0, 0.05) is 5.56 Å². The second kappa shape index (κ2) is 9.09. The lowest BCUT2D eigenvalue weighted by atomic mass is 10.0. The summed E-state index contributed by atoms with van der Waals surface area (Å²) in [5, 5.41) is 5.24. The van der Waals surface area contributed by atoms with Gasteiger partial charge >= 0.3 is 0 Å². The van der Waals surface area contributed by atoms with Crippen LogP contribution in [0.25, 0.3) is 0 Å². The Bertz CT molecular complexity index is 942. The van der Waals surface area contributed by atoms with Crippen LogP contribution < -0.4 is 24.8 Å². The minimum atomic E-state index is -0.450. The number of guanidine groups is 1. The van der Waals surface area contributed by atoms with Gasteiger partial charge in [0.25, 0.3) is 5.91 Å². The fraction of sp³-hybridized carbons (Fsp3) is 0.286. The van der Waals surface area contributed by atoms with E-state index in [1.165, 1.54) is 7.11 Å². The first-order valence-corrected chi connectivity index (χ1v) is 9.17. The number of hydrogen-bond donors (Lipinski definition) is 2. The predicted octanol–water partition coefficient (Wildman–Crippen LogP) is 2.45. The van der Waals surface area contributed by atoms with Crippen LogP contribution in [0.1, 0.15) is 35.3 Å². The molecule has 0 saturated heterocycles. The van der Waals surface area contributed by atoms with Crippen molar-refractivity contribution >= 4 is 17.8 Å². The van der Waals surface area contributed by atoms with Crippen LogP contribution in [0.4, 0.5) is 0 Å². The van der Waals surface area contributed by atoms with Gasteiger partial charge in [-0.1, -0.05) is 12.1 Å². The Balaban J connectivity index is 1.82. The monoisotopic (exact) mass is 397 g/mol. The molecular weight excluding hydrogens is 374 g/mol. The summed E-state index contributed by atoms with van der Waals surface area (Å²) in [6, 6.07) is 11.7. The first-order valence-electron chi connectivity index (χ1n) is 9.17. The van der Waals surface area contributed by atoms with Crippen LogP contribution in [0.2, 0.25) is 0 Å². The number of carbonyl (C=O) groups is 2. The third-order valence-electron chi connectivity index (χ3n) is 4.36. The highest BCUT2D eigenvalue weighted by Gasteiger charge is 2.25. The molecule has 3 rings (SSSR count). The van der Waals surface area contributed by atoms with Crippen molar-refractivity contribution in [3.8, 4) is 17.2 Å². The lowest BCUT2D eigenvalue weighted by Gasteiger charge is -2.22. The second-order valence-electron chi connectivity index (χ2n) is 6.28. The van der Waals surface area contributed by atoms with Crippen molar-refractivity contribution in [2.24, 2.45) is 4.99 Å². The lowest BCUT2D eigenvalue weighted by molar-refractivity contribution is -0.120. The minimum absolute atomic E-state index is 0.104. The summed E-state index contributed by atoms with van der Waals surface area (Å²) >= 11 is 0. The van der Waals surface area contributed by atoms with Gasteiger partial charge in [0.15, 0.2) is 11.5 Å². The van der Waals surface area contributed by atoms with E-state index < -0.39 is 11.9 Å². The van der Waals surface area contributed by atoms with E-state index in [1.807, 2.05) is 13.0 Å². The molecule has 0 radical (unpaired) electrons. The number of carbonyl (C=O) groups excluding carboxylic acids is 2. The van der Waals surface area contributed by atoms with Crippen molar-refractivity contribution in [1.29, 1.82) is 0 Å². The lowest BCUT2D eigenvalue weighted by Crippen LogP contribution is -2.47. The summed E-state index contributed by atoms with van der Waals surface area (Å²) in [6.07, 6.45) is 0.162. The smallest absolute Gasteiger partial charge is 0.258 e. The van der Waals surface area contributed by atoms with Crippen LogP contribution in [0.15, 0.2) is 47.5 Å². The van der Waals surface area contributed by atoms with Crippen LogP contribution in [0.5, 0.6) is 17.2 Å². The van der Waals surface area contributed by atoms with Crippen molar-refractivity contribution in [3.63, 3.8) is 0 Å². The highest BCUT2D eigenvalue weighted by molar-refractivity contribution is 6.10. The van der Waals surface area contributed by atoms with Gasteiger partial charge in [0.05, 0.1) is 33.3 Å². The molecule has 0 aliphatic carbocycles. The molecule has 152 valence electrons. The maximum absolute atomic E-state index is 12.5. The summed E-state index contributed by atoms with van der Waals surface area (Å²) in [5.74, 6) is 1.22. The maximum atomic E-state index is 12.5. The molecule has 2 N–H and O–H groups in total. The number of benzene rings is 2. The third kappa shape index (κ3) is 4.84. The Labute approximate surface area is 168 Å². The molecule has 0 fully saturated rings. The Morgan fingerprint density at radius 3 is 2.72 bits per heavy atom. The molecule has 0 spiro atoms. The van der Waals surface area contributed by atoms with Crippen LogP contribution in [-0.2, 0) is 4.79 Å². The molecule has 1 aliphatic heterocycles. The molecule has 1 atom stereocenters. The van der Waals surface area contributed by atoms with Gasteiger partial charge in [-0.25, -0.2) is 4.99 Å². The number of rotatable bonds is 6. The van der Waals surface area contributed by atoms with E-state index in [-0.39, 0.29) is 18.3 Å². The summed E-state index contributed by atoms with van der Waals surface area (Å²) in [7, 11) is 3.08. The zero-order valence-electron chi connectivity index (χ0n) is 16.5. The van der Waals surface area contributed by atoms with E-state index >= 15 is 0 Å². The Morgan fingerprint density at radius 2 is 2.00 bits per heavy atom. The molecular formula is C21H23N3O5. The van der Waals surface area contributed by atoms with Gasteiger partial charge in [0.2, 0.25) is 11.9 Å². The van der Waals surface area contributed by atoms with Gasteiger partial charge in [-0.2, -0.15) is 0 Å². The number of hydrogen-bond acceptors (Lipinski definition) is 6. The summed E-state index contributed by atoms with van der Waals surface area (Å²) in [6.45, 7) is 2.40. The molecule has 2 aromatic rings. The van der Waals surface area contributed by atoms with E-state index in [1.54, 1.807) is 43.5 Å². The topological polar surface area (TPSA) is 98.3 Å². The first kappa shape index (κ1) is 20.2. The molecule has 1 heterocycles. The number of nitrogens with one attached hydrogen (secondary N) is 2. The number of methoxy groups -OCH3 is 2. The Morgan fingerprint density at radius 1 is 1.17 bits per heavy atom. The van der Waals surface area contributed by atoms with E-state index in [2.05, 4.69) is 15.6 Å². The van der Waals surface area contributed by atoms with Crippen LogP contribution >= 0.6 is 0 Å². The number of ether oxygens (including phenoxy) is 3. The van der Waals surface area contributed by atoms with E-state index in [4.69, 9.17) is 14.2 Å². The summed E-state index contributed by atoms with van der Waals surface area (Å²) < 4.78 is 16.0. The molecule has 0 aromatic heterocycles. The van der Waals surface area contributed by atoms with Crippen molar-refractivity contribution < 1.29 is 23.8 Å². The standard InChI is InChI=1S/C21H23N3O5/c1-4-29-17-9-8-13(11-18(17)28-3)16-12-19(25)23-21(22-16)24-20(26)14-6-5-7-15(10-14)27-2/h5-11,16H,4,12H2,1-3H3,(H2,22,23,24,25,26)/t16-/m1/s1. The average Bonchev–Trinajstić information content (AvgIpc) is 2.73. The molecule has 0 bridgehead atoms. The Hall–Kier alpha value is -3.55. The molecule has 29 heavy (non-hydrogen) atoms. The fourth-order valence-corrected chi connectivity index (χ4v) is 2.96. The molecule has 2 amide bonds. The van der Waals surface area contributed by atoms with Crippen LogP contribution in [0.3, 0.4) is 0 Å². The second-order valence-corrected chi connectivity index (χ2v) is 6.28.